The molecule has 9 heteroatoms. The number of halogens is 2. The van der Waals surface area contributed by atoms with Gasteiger partial charge in [-0.1, -0.05) is 12.1 Å². The summed E-state index contributed by atoms with van der Waals surface area (Å²) in [5, 5.41) is 7.54. The molecule has 4 rings (SSSR count). The first kappa shape index (κ1) is 18.2. The molecule has 1 atom stereocenters. The van der Waals surface area contributed by atoms with Crippen LogP contribution in [0.1, 0.15) is 17.4 Å². The quantitative estimate of drug-likeness (QED) is 0.748. The van der Waals surface area contributed by atoms with E-state index in [1.165, 1.54) is 12.1 Å². The predicted octanol–water partition coefficient (Wildman–Crippen LogP) is 1.40. The third kappa shape index (κ3) is 3.66. The first-order valence-electron chi connectivity index (χ1n) is 8.12. The lowest BCUT2D eigenvalue weighted by Gasteiger charge is -2.36. The van der Waals surface area contributed by atoms with Gasteiger partial charge in [-0.05, 0) is 23.8 Å². The zero-order chi connectivity index (χ0) is 17.2. The normalized spacial score (nSPS) is 17.1. The zero-order valence-electron chi connectivity index (χ0n) is 13.9. The van der Waals surface area contributed by atoms with Crippen LogP contribution in [-0.2, 0) is 11.2 Å². The van der Waals surface area contributed by atoms with Gasteiger partial charge < -0.3 is 10.2 Å². The van der Waals surface area contributed by atoms with Gasteiger partial charge in [-0.15, -0.1) is 17.5 Å². The minimum atomic E-state index is -0.302. The summed E-state index contributed by atoms with van der Waals surface area (Å²) in [7, 11) is 0. The fourth-order valence-corrected chi connectivity index (χ4v) is 3.10. The van der Waals surface area contributed by atoms with Gasteiger partial charge in [-0.25, -0.2) is 13.9 Å². The molecule has 7 nitrogen and oxygen atoms in total. The third-order valence-electron chi connectivity index (χ3n) is 4.27. The number of hydrogen-bond acceptors (Lipinski definition) is 5. The first-order valence-corrected chi connectivity index (χ1v) is 8.12. The van der Waals surface area contributed by atoms with Crippen molar-refractivity contribution in [3.63, 3.8) is 0 Å². The molecule has 1 saturated heterocycles. The van der Waals surface area contributed by atoms with Crippen LogP contribution in [-0.4, -0.2) is 50.0 Å². The van der Waals surface area contributed by atoms with Gasteiger partial charge in [0.1, 0.15) is 5.82 Å². The van der Waals surface area contributed by atoms with Crippen molar-refractivity contribution in [1.82, 2.24) is 29.8 Å². The maximum absolute atomic E-state index is 13.6. The van der Waals surface area contributed by atoms with Crippen LogP contribution in [0, 0.1) is 5.82 Å². The van der Waals surface area contributed by atoms with Crippen LogP contribution in [0.15, 0.2) is 42.7 Å². The Bertz CT molecular complexity index is 884. The highest BCUT2D eigenvalue weighted by atomic mass is 35.5. The highest BCUT2D eigenvalue weighted by molar-refractivity contribution is 5.85. The van der Waals surface area contributed by atoms with E-state index in [9.17, 15) is 9.18 Å². The summed E-state index contributed by atoms with van der Waals surface area (Å²) >= 11 is 0. The molecule has 0 radical (unpaired) electrons. The molecule has 2 aromatic heterocycles. The molecule has 1 aliphatic heterocycles. The molecule has 3 heterocycles. The van der Waals surface area contributed by atoms with E-state index in [0.29, 0.717) is 31.2 Å². The Morgan fingerprint density at radius 1 is 1.35 bits per heavy atom. The number of nitrogens with zero attached hydrogens (tertiary/aromatic N) is 5. The number of nitrogens with one attached hydrogen (secondary N) is 1. The molecular formula is C17H18ClFN6O. The van der Waals surface area contributed by atoms with Crippen molar-refractivity contribution in [2.24, 2.45) is 0 Å². The number of rotatable bonds is 3. The number of amides is 1. The van der Waals surface area contributed by atoms with Crippen molar-refractivity contribution in [3.8, 4) is 0 Å². The van der Waals surface area contributed by atoms with Gasteiger partial charge in [-0.3, -0.25) is 4.79 Å². The number of fused-ring (bicyclic) bond motifs is 1. The fourth-order valence-electron chi connectivity index (χ4n) is 3.10. The summed E-state index contributed by atoms with van der Waals surface area (Å²) in [6.07, 6.45) is 3.46. The molecule has 0 spiro atoms. The smallest absolute Gasteiger partial charge is 0.252 e. The molecule has 0 saturated carbocycles. The average molecular weight is 377 g/mol. The minimum Gasteiger partial charge on any atom is -0.333 e. The second-order valence-electron chi connectivity index (χ2n) is 5.93. The van der Waals surface area contributed by atoms with Crippen molar-refractivity contribution in [3.05, 3.63) is 59.9 Å². The van der Waals surface area contributed by atoms with E-state index in [1.807, 2.05) is 6.07 Å². The minimum absolute atomic E-state index is 0. The van der Waals surface area contributed by atoms with Gasteiger partial charge in [0.05, 0.1) is 12.5 Å². The van der Waals surface area contributed by atoms with Crippen LogP contribution < -0.4 is 5.32 Å². The molecule has 1 N–H and O–H groups in total. The molecule has 26 heavy (non-hydrogen) atoms. The molecular weight excluding hydrogens is 359 g/mol. The molecule has 0 bridgehead atoms. The Hall–Kier alpha value is -2.58. The first-order chi connectivity index (χ1) is 12.2. The number of hydrogen-bond donors (Lipinski definition) is 1. The molecule has 1 amide bonds. The Labute approximate surface area is 155 Å². The standard InChI is InChI=1S/C17H17FN6O.ClH/c18-13-4-1-3-12(9-13)14-11-19-6-8-23(14)16(25)10-15-21-17-20-5-2-7-24(17)22-15;/h1-5,7,9,14,19H,6,8,10-11H2;1H. The van der Waals surface area contributed by atoms with E-state index in [1.54, 1.807) is 33.9 Å². The third-order valence-corrected chi connectivity index (χ3v) is 4.27. The summed E-state index contributed by atoms with van der Waals surface area (Å²) < 4.78 is 15.1. The zero-order valence-corrected chi connectivity index (χ0v) is 14.7. The van der Waals surface area contributed by atoms with E-state index in [-0.39, 0.29) is 36.6 Å². The Kier molecular flexibility index (Phi) is 5.43. The summed E-state index contributed by atoms with van der Waals surface area (Å²) in [5.41, 5.74) is 0.783. The highest BCUT2D eigenvalue weighted by Crippen LogP contribution is 2.23. The topological polar surface area (TPSA) is 75.4 Å². The van der Waals surface area contributed by atoms with Gasteiger partial charge in [0.25, 0.3) is 5.78 Å². The molecule has 0 aliphatic carbocycles. The fraction of sp³-hybridized carbons (Fsp3) is 0.294. The SMILES string of the molecule is Cl.O=C(Cc1nc2ncccn2n1)N1CCNCC1c1cccc(F)c1. The summed E-state index contributed by atoms with van der Waals surface area (Å²) in [5.74, 6) is 0.516. The summed E-state index contributed by atoms with van der Waals surface area (Å²) in [4.78, 5) is 23.0. The Morgan fingerprint density at radius 3 is 3.04 bits per heavy atom. The average Bonchev–Trinajstić information content (AvgIpc) is 3.04. The highest BCUT2D eigenvalue weighted by Gasteiger charge is 2.28. The van der Waals surface area contributed by atoms with Gasteiger partial charge in [-0.2, -0.15) is 4.98 Å². The summed E-state index contributed by atoms with van der Waals surface area (Å²) in [6.45, 7) is 1.86. The second kappa shape index (κ2) is 7.76. The maximum atomic E-state index is 13.6. The molecule has 1 aromatic carbocycles. The van der Waals surface area contributed by atoms with Crippen molar-refractivity contribution in [2.75, 3.05) is 19.6 Å². The second-order valence-corrected chi connectivity index (χ2v) is 5.93. The van der Waals surface area contributed by atoms with E-state index >= 15 is 0 Å². The predicted molar refractivity (Wildman–Crippen MR) is 95.5 cm³/mol. The number of carbonyl (C=O) groups excluding carboxylic acids is 1. The lowest BCUT2D eigenvalue weighted by Crippen LogP contribution is -2.49. The molecule has 1 unspecified atom stereocenters. The van der Waals surface area contributed by atoms with Crippen LogP contribution in [0.5, 0.6) is 0 Å². The number of piperazine rings is 1. The number of carbonyl (C=O) groups is 1. The van der Waals surface area contributed by atoms with E-state index in [0.717, 1.165) is 5.56 Å². The van der Waals surface area contributed by atoms with Crippen molar-refractivity contribution in [1.29, 1.82) is 0 Å². The largest absolute Gasteiger partial charge is 0.333 e. The van der Waals surface area contributed by atoms with E-state index < -0.39 is 0 Å². The van der Waals surface area contributed by atoms with E-state index in [2.05, 4.69) is 20.4 Å². The lowest BCUT2D eigenvalue weighted by molar-refractivity contribution is -0.133. The molecule has 1 fully saturated rings. The van der Waals surface area contributed by atoms with Crippen LogP contribution in [0.2, 0.25) is 0 Å². The summed E-state index contributed by atoms with van der Waals surface area (Å²) in [6, 6.07) is 7.94. The monoisotopic (exact) mass is 376 g/mol. The Morgan fingerprint density at radius 2 is 2.23 bits per heavy atom. The molecule has 3 aromatic rings. The van der Waals surface area contributed by atoms with Gasteiger partial charge in [0.15, 0.2) is 5.82 Å². The van der Waals surface area contributed by atoms with Gasteiger partial charge >= 0.3 is 0 Å². The number of benzene rings is 1. The maximum Gasteiger partial charge on any atom is 0.252 e. The van der Waals surface area contributed by atoms with Crippen LogP contribution in [0.3, 0.4) is 0 Å². The van der Waals surface area contributed by atoms with Crippen molar-refractivity contribution >= 4 is 24.1 Å². The van der Waals surface area contributed by atoms with Crippen LogP contribution in [0.4, 0.5) is 4.39 Å². The van der Waals surface area contributed by atoms with Crippen molar-refractivity contribution < 1.29 is 9.18 Å². The molecule has 1 aliphatic rings. The van der Waals surface area contributed by atoms with Gasteiger partial charge in [0.2, 0.25) is 5.91 Å². The van der Waals surface area contributed by atoms with Gasteiger partial charge in [0, 0.05) is 32.0 Å². The van der Waals surface area contributed by atoms with Crippen LogP contribution in [0.25, 0.3) is 5.78 Å². The Balaban J connectivity index is 0.00000196. The van der Waals surface area contributed by atoms with E-state index in [4.69, 9.17) is 0 Å². The number of aromatic nitrogens is 4. The van der Waals surface area contributed by atoms with Crippen molar-refractivity contribution in [2.45, 2.75) is 12.5 Å². The molecule has 136 valence electrons. The lowest BCUT2D eigenvalue weighted by atomic mass is 10.0. The van der Waals surface area contributed by atoms with Crippen LogP contribution >= 0.6 is 12.4 Å².